The number of thiophene rings is 1. The van der Waals surface area contributed by atoms with Gasteiger partial charge in [-0.1, -0.05) is 6.07 Å². The number of cyclic esters (lactones) is 1. The van der Waals surface area contributed by atoms with Crippen molar-refractivity contribution in [2.24, 2.45) is 0 Å². The molecule has 0 amide bonds. The minimum Gasteiger partial charge on any atom is -0.422 e. The molecule has 0 radical (unpaired) electrons. The lowest BCUT2D eigenvalue weighted by Crippen LogP contribution is -2.16. The summed E-state index contributed by atoms with van der Waals surface area (Å²) in [7, 11) is 0. The third kappa shape index (κ3) is 2.22. The van der Waals surface area contributed by atoms with Gasteiger partial charge in [0.2, 0.25) is 0 Å². The molecule has 0 atom stereocenters. The van der Waals surface area contributed by atoms with E-state index in [2.05, 4.69) is 15.2 Å². The SMILES string of the molecule is Cc1cc2c(c(=O)[nH]1)C(=O)O/C2=C/c1cn[nH]c1-c1cccs1. The zero-order valence-corrected chi connectivity index (χ0v) is 12.9. The summed E-state index contributed by atoms with van der Waals surface area (Å²) < 4.78 is 5.28. The van der Waals surface area contributed by atoms with E-state index < -0.39 is 11.5 Å². The van der Waals surface area contributed by atoms with E-state index in [1.165, 1.54) is 0 Å². The number of esters is 1. The van der Waals surface area contributed by atoms with Gasteiger partial charge in [0.05, 0.1) is 16.8 Å². The molecule has 0 aliphatic carbocycles. The Labute approximate surface area is 134 Å². The second kappa shape index (κ2) is 5.06. The number of carbonyl (C=O) groups is 1. The third-order valence-electron chi connectivity index (χ3n) is 3.56. The number of ether oxygens (including phenoxy) is 1. The van der Waals surface area contributed by atoms with Crippen molar-refractivity contribution in [1.82, 2.24) is 15.2 Å². The van der Waals surface area contributed by atoms with Crippen LogP contribution in [-0.4, -0.2) is 21.2 Å². The van der Waals surface area contributed by atoms with Crippen molar-refractivity contribution in [2.75, 3.05) is 0 Å². The Hall–Kier alpha value is -2.93. The van der Waals surface area contributed by atoms with Crippen molar-refractivity contribution in [3.8, 4) is 10.6 Å². The molecule has 3 aromatic heterocycles. The van der Waals surface area contributed by atoms with Crippen LogP contribution in [0.2, 0.25) is 0 Å². The van der Waals surface area contributed by atoms with Gasteiger partial charge < -0.3 is 9.72 Å². The third-order valence-corrected chi connectivity index (χ3v) is 4.45. The number of aryl methyl sites for hydroxylation is 1. The molecule has 0 saturated carbocycles. The lowest BCUT2D eigenvalue weighted by molar-refractivity contribution is 0.0715. The molecule has 4 heterocycles. The minimum absolute atomic E-state index is 0.0445. The number of H-pyrrole nitrogens is 2. The number of hydrogen-bond donors (Lipinski definition) is 2. The van der Waals surface area contributed by atoms with Gasteiger partial charge in [-0.3, -0.25) is 9.89 Å². The average molecular weight is 325 g/mol. The van der Waals surface area contributed by atoms with Crippen molar-refractivity contribution in [1.29, 1.82) is 0 Å². The Morgan fingerprint density at radius 1 is 1.35 bits per heavy atom. The summed E-state index contributed by atoms with van der Waals surface area (Å²) in [5.74, 6) is -0.271. The number of hydrogen-bond acceptors (Lipinski definition) is 5. The van der Waals surface area contributed by atoms with Gasteiger partial charge in [0, 0.05) is 16.8 Å². The number of nitrogens with one attached hydrogen (secondary N) is 2. The van der Waals surface area contributed by atoms with Crippen LogP contribution in [0.25, 0.3) is 22.4 Å². The standard InChI is InChI=1S/C16H11N3O3S/c1-8-5-10-11(22-16(21)13(10)15(20)18-8)6-9-7-17-19-14(9)12-3-2-4-23-12/h2-7H,1H3,(H,17,19)(H,18,20)/b11-6+. The molecular weight excluding hydrogens is 314 g/mol. The van der Waals surface area contributed by atoms with Crippen molar-refractivity contribution < 1.29 is 9.53 Å². The summed E-state index contributed by atoms with van der Waals surface area (Å²) in [4.78, 5) is 27.5. The molecule has 1 aliphatic rings. The van der Waals surface area contributed by atoms with Gasteiger partial charge in [-0.05, 0) is 30.5 Å². The monoisotopic (exact) mass is 325 g/mol. The predicted octanol–water partition coefficient (Wildman–Crippen LogP) is 2.80. The molecule has 7 heteroatoms. The molecule has 0 spiro atoms. The smallest absolute Gasteiger partial charge is 0.349 e. The second-order valence-electron chi connectivity index (χ2n) is 5.15. The number of carbonyl (C=O) groups excluding carboxylic acids is 1. The van der Waals surface area contributed by atoms with Crippen LogP contribution in [0.4, 0.5) is 0 Å². The van der Waals surface area contributed by atoms with Crippen molar-refractivity contribution in [2.45, 2.75) is 6.92 Å². The van der Waals surface area contributed by atoms with E-state index >= 15 is 0 Å². The minimum atomic E-state index is -0.631. The van der Waals surface area contributed by atoms with Crippen molar-refractivity contribution in [3.05, 3.63) is 62.5 Å². The van der Waals surface area contributed by atoms with E-state index in [1.807, 2.05) is 17.5 Å². The fraction of sp³-hybridized carbons (Fsp3) is 0.0625. The number of fused-ring (bicyclic) bond motifs is 1. The fourth-order valence-electron chi connectivity index (χ4n) is 2.56. The van der Waals surface area contributed by atoms with Crippen LogP contribution >= 0.6 is 11.3 Å². The molecule has 4 rings (SSSR count). The molecular formula is C16H11N3O3S. The van der Waals surface area contributed by atoms with Gasteiger partial charge in [-0.15, -0.1) is 11.3 Å². The molecule has 1 aliphatic heterocycles. The van der Waals surface area contributed by atoms with Crippen molar-refractivity contribution in [3.63, 3.8) is 0 Å². The summed E-state index contributed by atoms with van der Waals surface area (Å²) in [6.45, 7) is 1.76. The lowest BCUT2D eigenvalue weighted by atomic mass is 10.1. The van der Waals surface area contributed by atoms with Gasteiger partial charge in [0.15, 0.2) is 0 Å². The number of nitrogens with zero attached hydrogens (tertiary/aromatic N) is 1. The van der Waals surface area contributed by atoms with Crippen LogP contribution < -0.4 is 5.56 Å². The first-order valence-corrected chi connectivity index (χ1v) is 7.77. The van der Waals surface area contributed by atoms with Crippen LogP contribution in [0.5, 0.6) is 0 Å². The molecule has 23 heavy (non-hydrogen) atoms. The number of rotatable bonds is 2. The van der Waals surface area contributed by atoms with Gasteiger partial charge in [-0.25, -0.2) is 4.79 Å². The first kappa shape index (κ1) is 13.7. The van der Waals surface area contributed by atoms with Crippen LogP contribution in [-0.2, 0) is 4.74 Å². The maximum Gasteiger partial charge on any atom is 0.349 e. The van der Waals surface area contributed by atoms with Gasteiger partial charge >= 0.3 is 5.97 Å². The van der Waals surface area contributed by atoms with Gasteiger partial charge in [0.25, 0.3) is 5.56 Å². The Bertz CT molecular complexity index is 996. The van der Waals surface area contributed by atoms with E-state index in [0.717, 1.165) is 16.1 Å². The van der Waals surface area contributed by atoms with Gasteiger partial charge in [-0.2, -0.15) is 5.10 Å². The molecule has 0 fully saturated rings. The van der Waals surface area contributed by atoms with Crippen LogP contribution in [0.1, 0.15) is 27.2 Å². The summed E-state index contributed by atoms with van der Waals surface area (Å²) in [6, 6.07) is 5.66. The first-order valence-electron chi connectivity index (χ1n) is 6.89. The molecule has 2 N–H and O–H groups in total. The summed E-state index contributed by atoms with van der Waals surface area (Å²) >= 11 is 1.58. The zero-order valence-electron chi connectivity index (χ0n) is 12.0. The molecule has 114 valence electrons. The zero-order chi connectivity index (χ0) is 16.0. The molecule has 3 aromatic rings. The Kier molecular flexibility index (Phi) is 3.02. The Morgan fingerprint density at radius 3 is 3.00 bits per heavy atom. The van der Waals surface area contributed by atoms with E-state index in [-0.39, 0.29) is 5.56 Å². The quantitative estimate of drug-likeness (QED) is 0.709. The Morgan fingerprint density at radius 2 is 2.22 bits per heavy atom. The largest absolute Gasteiger partial charge is 0.422 e. The van der Waals surface area contributed by atoms with E-state index in [4.69, 9.17) is 4.74 Å². The summed E-state index contributed by atoms with van der Waals surface area (Å²) in [5, 5.41) is 8.98. The average Bonchev–Trinajstić information content (AvgIpc) is 3.20. The number of aromatic amines is 2. The van der Waals surface area contributed by atoms with Crippen LogP contribution in [0, 0.1) is 6.92 Å². The highest BCUT2D eigenvalue weighted by Crippen LogP contribution is 2.33. The summed E-state index contributed by atoms with van der Waals surface area (Å²) in [5.41, 5.74) is 2.43. The topological polar surface area (TPSA) is 87.8 Å². The number of pyridine rings is 1. The highest BCUT2D eigenvalue weighted by molar-refractivity contribution is 7.13. The van der Waals surface area contributed by atoms with Gasteiger partial charge in [0.1, 0.15) is 11.3 Å². The molecule has 0 bridgehead atoms. The Balaban J connectivity index is 1.86. The lowest BCUT2D eigenvalue weighted by Gasteiger charge is -2.00. The van der Waals surface area contributed by atoms with E-state index in [1.54, 1.807) is 36.6 Å². The van der Waals surface area contributed by atoms with E-state index in [9.17, 15) is 9.59 Å². The summed E-state index contributed by atoms with van der Waals surface area (Å²) in [6.07, 6.45) is 3.38. The predicted molar refractivity (Wildman–Crippen MR) is 87.0 cm³/mol. The van der Waals surface area contributed by atoms with Crippen molar-refractivity contribution >= 4 is 29.1 Å². The molecule has 0 aromatic carbocycles. The molecule has 6 nitrogen and oxygen atoms in total. The van der Waals surface area contributed by atoms with E-state index in [0.29, 0.717) is 17.0 Å². The molecule has 0 unspecified atom stereocenters. The maximum absolute atomic E-state index is 11.9. The highest BCUT2D eigenvalue weighted by Gasteiger charge is 2.30. The van der Waals surface area contributed by atoms with Crippen LogP contribution in [0.3, 0.4) is 0 Å². The highest BCUT2D eigenvalue weighted by atomic mass is 32.1. The fourth-order valence-corrected chi connectivity index (χ4v) is 3.31. The number of aromatic nitrogens is 3. The van der Waals surface area contributed by atoms with Crippen LogP contribution in [0.15, 0.2) is 34.6 Å². The second-order valence-corrected chi connectivity index (χ2v) is 6.09. The normalized spacial score (nSPS) is 15.0. The molecule has 0 saturated heterocycles. The first-order chi connectivity index (χ1) is 11.1. The maximum atomic E-state index is 11.9.